The Labute approximate surface area is 67.1 Å². The molecule has 0 aromatic rings. The maximum Gasteiger partial charge on any atom is 0.166 e. The largest absolute Gasteiger partial charge is 0.310 e. The van der Waals surface area contributed by atoms with Gasteiger partial charge in [-0.3, -0.25) is 4.79 Å². The van der Waals surface area contributed by atoms with Crippen LogP contribution >= 0.6 is 0 Å². The highest BCUT2D eigenvalue weighted by molar-refractivity contribution is 5.85. The minimum atomic E-state index is -0.752. The van der Waals surface area contributed by atoms with Gasteiger partial charge >= 0.3 is 0 Å². The molecule has 0 atom stereocenters. The Kier molecular flexibility index (Phi) is 3.02. The molecule has 1 saturated carbocycles. The first-order chi connectivity index (χ1) is 5.22. The predicted octanol–water partition coefficient (Wildman–Crippen LogP) is 0.379. The van der Waals surface area contributed by atoms with Crippen molar-refractivity contribution in [3.63, 3.8) is 0 Å². The minimum absolute atomic E-state index is 0.0460. The number of rotatable bonds is 2. The standard InChI is InChI=1S/C8H16N2O/c9-8(10)7(11)6-4-2-1-3-5-6/h6,8H,1-5,9-10H2. The highest BCUT2D eigenvalue weighted by Gasteiger charge is 2.23. The molecule has 1 aliphatic rings. The van der Waals surface area contributed by atoms with E-state index in [2.05, 4.69) is 0 Å². The van der Waals surface area contributed by atoms with Gasteiger partial charge in [0.25, 0.3) is 0 Å². The average Bonchev–Trinajstić information content (AvgIpc) is 2.05. The topological polar surface area (TPSA) is 69.1 Å². The number of Topliss-reactive ketones (excluding diaryl/α,β-unsaturated/α-hetero) is 1. The zero-order valence-corrected chi connectivity index (χ0v) is 6.75. The molecule has 3 heteroatoms. The first-order valence-electron chi connectivity index (χ1n) is 4.26. The third kappa shape index (κ3) is 2.27. The van der Waals surface area contributed by atoms with Crippen molar-refractivity contribution in [2.75, 3.05) is 0 Å². The SMILES string of the molecule is NC(N)C(=O)C1CCCCC1. The summed E-state index contributed by atoms with van der Waals surface area (Å²) in [6, 6.07) is 0. The van der Waals surface area contributed by atoms with Crippen molar-refractivity contribution < 1.29 is 4.79 Å². The Bertz CT molecular complexity index is 139. The zero-order chi connectivity index (χ0) is 8.27. The smallest absolute Gasteiger partial charge is 0.166 e. The fourth-order valence-corrected chi connectivity index (χ4v) is 1.66. The second-order valence-corrected chi connectivity index (χ2v) is 3.26. The molecule has 0 unspecified atom stereocenters. The molecule has 1 aliphatic carbocycles. The summed E-state index contributed by atoms with van der Waals surface area (Å²) in [6.45, 7) is 0. The Morgan fingerprint density at radius 3 is 2.18 bits per heavy atom. The lowest BCUT2D eigenvalue weighted by molar-refractivity contribution is -0.124. The van der Waals surface area contributed by atoms with Crippen LogP contribution in [0.1, 0.15) is 32.1 Å². The van der Waals surface area contributed by atoms with Crippen LogP contribution in [0.3, 0.4) is 0 Å². The van der Waals surface area contributed by atoms with Crippen molar-refractivity contribution in [2.24, 2.45) is 17.4 Å². The van der Waals surface area contributed by atoms with Gasteiger partial charge in [0.05, 0.1) is 0 Å². The molecule has 0 saturated heterocycles. The van der Waals surface area contributed by atoms with Crippen LogP contribution in [-0.4, -0.2) is 11.9 Å². The van der Waals surface area contributed by atoms with Crippen LogP contribution in [0.2, 0.25) is 0 Å². The van der Waals surface area contributed by atoms with E-state index in [1.54, 1.807) is 0 Å². The van der Waals surface area contributed by atoms with E-state index in [4.69, 9.17) is 11.5 Å². The number of hydrogen-bond acceptors (Lipinski definition) is 3. The summed E-state index contributed by atoms with van der Waals surface area (Å²) in [5.74, 6) is 0.202. The number of hydrogen-bond donors (Lipinski definition) is 2. The van der Waals surface area contributed by atoms with E-state index < -0.39 is 6.17 Å². The Morgan fingerprint density at radius 1 is 1.18 bits per heavy atom. The van der Waals surface area contributed by atoms with E-state index in [9.17, 15) is 4.79 Å². The molecule has 0 aromatic carbocycles. The van der Waals surface area contributed by atoms with E-state index >= 15 is 0 Å². The molecule has 1 rings (SSSR count). The number of carbonyl (C=O) groups is 1. The highest BCUT2D eigenvalue weighted by atomic mass is 16.1. The van der Waals surface area contributed by atoms with Gasteiger partial charge in [0.2, 0.25) is 0 Å². The Balaban J connectivity index is 2.39. The maximum absolute atomic E-state index is 11.2. The van der Waals surface area contributed by atoms with Gasteiger partial charge in [-0.15, -0.1) is 0 Å². The lowest BCUT2D eigenvalue weighted by Crippen LogP contribution is -2.43. The van der Waals surface area contributed by atoms with Crippen LogP contribution in [0.4, 0.5) is 0 Å². The number of ketones is 1. The quantitative estimate of drug-likeness (QED) is 0.568. The van der Waals surface area contributed by atoms with Crippen molar-refractivity contribution in [1.82, 2.24) is 0 Å². The predicted molar refractivity (Wildman–Crippen MR) is 43.7 cm³/mol. The van der Waals surface area contributed by atoms with Crippen LogP contribution in [0, 0.1) is 5.92 Å². The Morgan fingerprint density at radius 2 is 1.73 bits per heavy atom. The molecular formula is C8H16N2O. The lowest BCUT2D eigenvalue weighted by Gasteiger charge is -2.21. The van der Waals surface area contributed by atoms with Crippen molar-refractivity contribution in [3.05, 3.63) is 0 Å². The fourth-order valence-electron chi connectivity index (χ4n) is 1.66. The Hall–Kier alpha value is -0.410. The third-order valence-corrected chi connectivity index (χ3v) is 2.34. The summed E-state index contributed by atoms with van der Waals surface area (Å²) in [7, 11) is 0. The molecule has 0 aliphatic heterocycles. The molecule has 11 heavy (non-hydrogen) atoms. The molecule has 0 bridgehead atoms. The van der Waals surface area contributed by atoms with Crippen molar-refractivity contribution >= 4 is 5.78 Å². The van der Waals surface area contributed by atoms with Crippen LogP contribution in [0.25, 0.3) is 0 Å². The second-order valence-electron chi connectivity index (χ2n) is 3.26. The normalized spacial score (nSPS) is 20.6. The lowest BCUT2D eigenvalue weighted by atomic mass is 9.85. The van der Waals surface area contributed by atoms with Gasteiger partial charge in [0.1, 0.15) is 6.17 Å². The molecule has 3 nitrogen and oxygen atoms in total. The molecule has 0 spiro atoms. The van der Waals surface area contributed by atoms with Crippen LogP contribution in [0.15, 0.2) is 0 Å². The van der Waals surface area contributed by atoms with Crippen LogP contribution < -0.4 is 11.5 Å². The van der Waals surface area contributed by atoms with Crippen LogP contribution in [0.5, 0.6) is 0 Å². The summed E-state index contributed by atoms with van der Waals surface area (Å²) in [4.78, 5) is 11.2. The molecule has 4 N–H and O–H groups in total. The van der Waals surface area contributed by atoms with E-state index in [0.29, 0.717) is 0 Å². The zero-order valence-electron chi connectivity index (χ0n) is 6.75. The molecule has 1 fully saturated rings. The van der Waals surface area contributed by atoms with E-state index in [1.807, 2.05) is 0 Å². The minimum Gasteiger partial charge on any atom is -0.310 e. The fraction of sp³-hybridized carbons (Fsp3) is 0.875. The first kappa shape index (κ1) is 8.68. The van der Waals surface area contributed by atoms with E-state index in [0.717, 1.165) is 25.7 Å². The maximum atomic E-state index is 11.2. The first-order valence-corrected chi connectivity index (χ1v) is 4.26. The summed E-state index contributed by atoms with van der Waals surface area (Å²) in [5.41, 5.74) is 10.6. The third-order valence-electron chi connectivity index (χ3n) is 2.34. The molecule has 0 amide bonds. The van der Waals surface area contributed by atoms with Gasteiger partial charge in [0.15, 0.2) is 5.78 Å². The van der Waals surface area contributed by atoms with Crippen molar-refractivity contribution in [2.45, 2.75) is 38.3 Å². The van der Waals surface area contributed by atoms with Crippen molar-refractivity contribution in [1.29, 1.82) is 0 Å². The van der Waals surface area contributed by atoms with Crippen LogP contribution in [-0.2, 0) is 4.79 Å². The monoisotopic (exact) mass is 156 g/mol. The second kappa shape index (κ2) is 3.83. The average molecular weight is 156 g/mol. The molecule has 0 heterocycles. The van der Waals surface area contributed by atoms with Gasteiger partial charge in [-0.25, -0.2) is 0 Å². The van der Waals surface area contributed by atoms with Gasteiger partial charge in [-0.05, 0) is 12.8 Å². The van der Waals surface area contributed by atoms with Gasteiger partial charge < -0.3 is 11.5 Å². The van der Waals surface area contributed by atoms with Gasteiger partial charge in [0, 0.05) is 5.92 Å². The van der Waals surface area contributed by atoms with Crippen molar-refractivity contribution in [3.8, 4) is 0 Å². The van der Waals surface area contributed by atoms with Gasteiger partial charge in [-0.1, -0.05) is 19.3 Å². The number of carbonyl (C=O) groups excluding carboxylic acids is 1. The van der Waals surface area contributed by atoms with E-state index in [-0.39, 0.29) is 11.7 Å². The molecule has 0 radical (unpaired) electrons. The summed E-state index contributed by atoms with van der Waals surface area (Å²) in [6.07, 6.45) is 4.79. The van der Waals surface area contributed by atoms with Gasteiger partial charge in [-0.2, -0.15) is 0 Å². The number of nitrogens with two attached hydrogens (primary N) is 2. The van der Waals surface area contributed by atoms with E-state index in [1.165, 1.54) is 6.42 Å². The summed E-state index contributed by atoms with van der Waals surface area (Å²) < 4.78 is 0. The molecule has 0 aromatic heterocycles. The summed E-state index contributed by atoms with van der Waals surface area (Å²) >= 11 is 0. The molecule has 64 valence electrons. The highest BCUT2D eigenvalue weighted by Crippen LogP contribution is 2.24. The summed E-state index contributed by atoms with van der Waals surface area (Å²) in [5, 5.41) is 0. The molecular weight excluding hydrogens is 140 g/mol.